The lowest BCUT2D eigenvalue weighted by atomic mass is 10.0. The fourth-order valence-corrected chi connectivity index (χ4v) is 3.28. The second-order valence-corrected chi connectivity index (χ2v) is 9.04. The van der Waals surface area contributed by atoms with E-state index in [4.69, 9.17) is 4.74 Å². The number of amides is 3. The number of carbonyl (C=O) groups is 4. The quantitative estimate of drug-likeness (QED) is 0.590. The van der Waals surface area contributed by atoms with Gasteiger partial charge in [-0.05, 0) is 45.6 Å². The van der Waals surface area contributed by atoms with Gasteiger partial charge < -0.3 is 25.0 Å². The van der Waals surface area contributed by atoms with E-state index < -0.39 is 35.5 Å². The molecular weight excluding hydrogens is 414 g/mol. The molecule has 1 aromatic rings. The minimum Gasteiger partial charge on any atom is -0.468 e. The zero-order valence-corrected chi connectivity index (χ0v) is 19.6. The Morgan fingerprint density at radius 3 is 2.19 bits per heavy atom. The first-order valence-corrected chi connectivity index (χ1v) is 10.6. The first-order chi connectivity index (χ1) is 14.9. The fourth-order valence-electron chi connectivity index (χ4n) is 3.28. The average Bonchev–Trinajstić information content (AvgIpc) is 3.43. The molecule has 1 aromatic carbocycles. The lowest BCUT2D eigenvalue weighted by molar-refractivity contribution is -0.144. The lowest BCUT2D eigenvalue weighted by Crippen LogP contribution is -2.49. The molecule has 2 rings (SSSR count). The van der Waals surface area contributed by atoms with Gasteiger partial charge >= 0.3 is 12.1 Å². The lowest BCUT2D eigenvalue weighted by Gasteiger charge is -2.32. The van der Waals surface area contributed by atoms with Crippen LogP contribution in [0.2, 0.25) is 0 Å². The molecule has 3 unspecified atom stereocenters. The molecule has 3 amide bonds. The summed E-state index contributed by atoms with van der Waals surface area (Å²) in [7, 11) is 1.23. The minimum absolute atomic E-state index is 0.155. The van der Waals surface area contributed by atoms with Crippen LogP contribution in [0.1, 0.15) is 51.3 Å². The van der Waals surface area contributed by atoms with Gasteiger partial charge in [-0.15, -0.1) is 0 Å². The zero-order valence-electron chi connectivity index (χ0n) is 19.6. The van der Waals surface area contributed by atoms with Gasteiger partial charge in [-0.1, -0.05) is 36.8 Å². The summed E-state index contributed by atoms with van der Waals surface area (Å²) in [6.45, 7) is 8.47. The number of nitrogens with one attached hydrogen (secondary N) is 2. The van der Waals surface area contributed by atoms with E-state index in [2.05, 4.69) is 15.4 Å². The standard InChI is InChI=1S/C23H33N3O6/c1-14-7-9-16(10-8-14)20(21(29)24-13-19(28)31-6)26(17-11-15(17)2)18(27)12-25-22(30)32-23(3,4)5/h7-10,15,17,20H,11-13H2,1-6H3,(H,24,29)(H,25,30). The van der Waals surface area contributed by atoms with E-state index in [1.165, 1.54) is 12.0 Å². The highest BCUT2D eigenvalue weighted by Gasteiger charge is 2.46. The SMILES string of the molecule is COC(=O)CNC(=O)C(c1ccc(C)cc1)N(C(=O)CNC(=O)OC(C)(C)C)C1CC1C. The van der Waals surface area contributed by atoms with Crippen LogP contribution in [0.25, 0.3) is 0 Å². The monoisotopic (exact) mass is 447 g/mol. The predicted octanol–water partition coefficient (Wildman–Crippen LogP) is 2.09. The summed E-state index contributed by atoms with van der Waals surface area (Å²) in [6.07, 6.45) is 0.0295. The number of benzene rings is 1. The van der Waals surface area contributed by atoms with E-state index in [0.717, 1.165) is 12.0 Å². The van der Waals surface area contributed by atoms with Crippen molar-refractivity contribution >= 4 is 23.9 Å². The maximum absolute atomic E-state index is 13.2. The van der Waals surface area contributed by atoms with E-state index in [1.807, 2.05) is 26.0 Å². The maximum atomic E-state index is 13.2. The third-order valence-electron chi connectivity index (χ3n) is 5.05. The molecule has 0 spiro atoms. The van der Waals surface area contributed by atoms with Gasteiger partial charge in [0.15, 0.2) is 0 Å². The van der Waals surface area contributed by atoms with Crippen LogP contribution in [-0.2, 0) is 23.9 Å². The number of hydrogen-bond donors (Lipinski definition) is 2. The summed E-state index contributed by atoms with van der Waals surface area (Å²) in [4.78, 5) is 51.4. The minimum atomic E-state index is -0.955. The summed E-state index contributed by atoms with van der Waals surface area (Å²) in [6, 6.07) is 6.17. The van der Waals surface area contributed by atoms with Crippen LogP contribution in [0.3, 0.4) is 0 Å². The van der Waals surface area contributed by atoms with Crippen LogP contribution in [0.15, 0.2) is 24.3 Å². The van der Waals surface area contributed by atoms with Crippen molar-refractivity contribution in [3.63, 3.8) is 0 Å². The van der Waals surface area contributed by atoms with Gasteiger partial charge in [0.25, 0.3) is 0 Å². The highest BCUT2D eigenvalue weighted by molar-refractivity contribution is 5.92. The Labute approximate surface area is 188 Å². The number of rotatable bonds is 8. The number of nitrogens with zero attached hydrogens (tertiary/aromatic N) is 1. The first kappa shape index (κ1) is 25.2. The third-order valence-corrected chi connectivity index (χ3v) is 5.05. The van der Waals surface area contributed by atoms with Gasteiger partial charge in [-0.3, -0.25) is 14.4 Å². The molecule has 3 atom stereocenters. The Hall–Kier alpha value is -3.10. The van der Waals surface area contributed by atoms with E-state index in [-0.39, 0.29) is 25.0 Å². The molecule has 9 nitrogen and oxygen atoms in total. The Kier molecular flexibility index (Phi) is 8.24. The van der Waals surface area contributed by atoms with Crippen molar-refractivity contribution in [2.75, 3.05) is 20.2 Å². The topological polar surface area (TPSA) is 114 Å². The van der Waals surface area contributed by atoms with Gasteiger partial charge in [-0.25, -0.2) is 4.79 Å². The molecule has 0 saturated heterocycles. The maximum Gasteiger partial charge on any atom is 0.408 e. The molecule has 176 valence electrons. The van der Waals surface area contributed by atoms with Crippen molar-refractivity contribution < 1.29 is 28.7 Å². The number of hydrogen-bond acceptors (Lipinski definition) is 6. The highest BCUT2D eigenvalue weighted by atomic mass is 16.6. The third kappa shape index (κ3) is 7.25. The van der Waals surface area contributed by atoms with Crippen molar-refractivity contribution in [2.24, 2.45) is 5.92 Å². The van der Waals surface area contributed by atoms with Crippen molar-refractivity contribution in [2.45, 2.75) is 58.7 Å². The van der Waals surface area contributed by atoms with Crippen LogP contribution in [-0.4, -0.2) is 60.6 Å². The molecule has 1 saturated carbocycles. The molecule has 0 aliphatic heterocycles. The smallest absolute Gasteiger partial charge is 0.408 e. The second kappa shape index (κ2) is 10.5. The molecule has 0 bridgehead atoms. The normalized spacial score (nSPS) is 18.2. The molecule has 1 aliphatic carbocycles. The molecule has 32 heavy (non-hydrogen) atoms. The number of esters is 1. The average molecular weight is 448 g/mol. The number of alkyl carbamates (subject to hydrolysis) is 1. The van der Waals surface area contributed by atoms with E-state index in [1.54, 1.807) is 32.9 Å². The van der Waals surface area contributed by atoms with Crippen molar-refractivity contribution in [1.82, 2.24) is 15.5 Å². The molecule has 2 N–H and O–H groups in total. The number of carbonyl (C=O) groups excluding carboxylic acids is 4. The summed E-state index contributed by atoms with van der Waals surface area (Å²) < 4.78 is 9.79. The Morgan fingerprint density at radius 1 is 1.09 bits per heavy atom. The van der Waals surface area contributed by atoms with Gasteiger partial charge in [-0.2, -0.15) is 0 Å². The van der Waals surface area contributed by atoms with Crippen LogP contribution in [0.5, 0.6) is 0 Å². The van der Waals surface area contributed by atoms with E-state index in [0.29, 0.717) is 5.56 Å². The Morgan fingerprint density at radius 2 is 1.69 bits per heavy atom. The van der Waals surface area contributed by atoms with Crippen LogP contribution < -0.4 is 10.6 Å². The first-order valence-electron chi connectivity index (χ1n) is 10.6. The zero-order chi connectivity index (χ0) is 24.1. The van der Waals surface area contributed by atoms with Crippen molar-refractivity contribution in [1.29, 1.82) is 0 Å². The number of ether oxygens (including phenoxy) is 2. The Bertz CT molecular complexity index is 846. The fraction of sp³-hybridized carbons (Fsp3) is 0.565. The molecular formula is C23H33N3O6. The summed E-state index contributed by atoms with van der Waals surface area (Å²) in [5.74, 6) is -1.29. The van der Waals surface area contributed by atoms with E-state index >= 15 is 0 Å². The van der Waals surface area contributed by atoms with Crippen LogP contribution in [0.4, 0.5) is 4.79 Å². The van der Waals surface area contributed by atoms with Crippen molar-refractivity contribution in [3.05, 3.63) is 35.4 Å². The molecule has 0 aromatic heterocycles. The van der Waals surface area contributed by atoms with E-state index in [9.17, 15) is 19.2 Å². The van der Waals surface area contributed by atoms with Crippen LogP contribution in [0, 0.1) is 12.8 Å². The molecule has 0 heterocycles. The van der Waals surface area contributed by atoms with Crippen molar-refractivity contribution in [3.8, 4) is 0 Å². The van der Waals surface area contributed by atoms with Gasteiger partial charge in [0.1, 0.15) is 24.7 Å². The number of methoxy groups -OCH3 is 1. The number of aryl methyl sites for hydroxylation is 1. The Balaban J connectivity index is 2.27. The summed E-state index contributed by atoms with van der Waals surface area (Å²) >= 11 is 0. The largest absolute Gasteiger partial charge is 0.468 e. The molecule has 1 aliphatic rings. The predicted molar refractivity (Wildman–Crippen MR) is 118 cm³/mol. The molecule has 1 fully saturated rings. The summed E-state index contributed by atoms with van der Waals surface area (Å²) in [5.41, 5.74) is 0.921. The second-order valence-electron chi connectivity index (χ2n) is 9.04. The van der Waals surface area contributed by atoms with Gasteiger partial charge in [0.2, 0.25) is 11.8 Å². The van der Waals surface area contributed by atoms with Gasteiger partial charge in [0, 0.05) is 6.04 Å². The highest BCUT2D eigenvalue weighted by Crippen LogP contribution is 2.40. The molecule has 0 radical (unpaired) electrons. The molecule has 9 heteroatoms. The summed E-state index contributed by atoms with van der Waals surface area (Å²) in [5, 5.41) is 5.03. The van der Waals surface area contributed by atoms with Gasteiger partial charge in [0.05, 0.1) is 7.11 Å². The van der Waals surface area contributed by atoms with Crippen LogP contribution >= 0.6 is 0 Å².